The maximum Gasteiger partial charge on any atom is 0.296 e. The summed E-state index contributed by atoms with van der Waals surface area (Å²) in [6.45, 7) is 2.23. The van der Waals surface area contributed by atoms with Gasteiger partial charge < -0.3 is 20.7 Å². The number of halogens is 3. The molecule has 1 amide bonds. The number of carbonyl (C=O) groups excluding carboxylic acids is 1. The van der Waals surface area contributed by atoms with E-state index >= 15 is 0 Å². The zero-order valence-corrected chi connectivity index (χ0v) is 24.7. The molecule has 0 fully saturated rings. The van der Waals surface area contributed by atoms with Gasteiger partial charge in [0.25, 0.3) is 5.69 Å². The average Bonchev–Trinajstić information content (AvgIpc) is 2.83. The van der Waals surface area contributed by atoms with Crippen molar-refractivity contribution in [2.45, 2.75) is 100 Å². The van der Waals surface area contributed by atoms with Gasteiger partial charge in [-0.1, -0.05) is 112 Å². The molecule has 1 rings (SSSR count). The standard InChI is InChI=1S/C25H39Cl3N4O4S/c1-3-4-5-6-7-8-9-10-11-12-13-14-15-22(33)30-23(25(26,27)28)31-24(37)29-20-17-16-19(36-2)18-21(20)32(34)35/h16-18,23H,3-15H2,1-2H3,(H,30,33)(H2,29,31,37)/t23-/m1/s1. The third-order valence-corrected chi connectivity index (χ3v) is 6.69. The highest BCUT2D eigenvalue weighted by Gasteiger charge is 2.34. The zero-order chi connectivity index (χ0) is 27.7. The number of rotatable bonds is 18. The van der Waals surface area contributed by atoms with Crippen molar-refractivity contribution in [3.8, 4) is 5.75 Å². The van der Waals surface area contributed by atoms with Crippen molar-refractivity contribution in [1.82, 2.24) is 10.6 Å². The van der Waals surface area contributed by atoms with Crippen LogP contribution < -0.4 is 20.7 Å². The number of amides is 1. The number of alkyl halides is 3. The molecule has 0 heterocycles. The van der Waals surface area contributed by atoms with Crippen molar-refractivity contribution >= 4 is 69.4 Å². The van der Waals surface area contributed by atoms with Crippen molar-refractivity contribution in [2.75, 3.05) is 12.4 Å². The van der Waals surface area contributed by atoms with E-state index in [2.05, 4.69) is 22.9 Å². The molecule has 0 aliphatic rings. The Kier molecular flexibility index (Phi) is 16.9. The number of nitrogens with one attached hydrogen (secondary N) is 3. The van der Waals surface area contributed by atoms with E-state index in [9.17, 15) is 14.9 Å². The van der Waals surface area contributed by atoms with Crippen molar-refractivity contribution in [3.05, 3.63) is 28.3 Å². The molecule has 1 aromatic carbocycles. The fraction of sp³-hybridized carbons (Fsp3) is 0.680. The number of ether oxygens (including phenoxy) is 1. The van der Waals surface area contributed by atoms with E-state index in [-0.39, 0.29) is 22.4 Å². The van der Waals surface area contributed by atoms with Crippen LogP contribution in [0.15, 0.2) is 18.2 Å². The Balaban J connectivity index is 2.40. The summed E-state index contributed by atoms with van der Waals surface area (Å²) in [5.41, 5.74) is -0.126. The van der Waals surface area contributed by atoms with Crippen LogP contribution in [0.1, 0.15) is 90.4 Å². The first kappa shape index (κ1) is 33.5. The van der Waals surface area contributed by atoms with Gasteiger partial charge in [-0.05, 0) is 30.8 Å². The van der Waals surface area contributed by atoms with Gasteiger partial charge >= 0.3 is 0 Å². The predicted octanol–water partition coefficient (Wildman–Crippen LogP) is 7.79. The van der Waals surface area contributed by atoms with Gasteiger partial charge in [-0.3, -0.25) is 14.9 Å². The van der Waals surface area contributed by atoms with Crippen LogP contribution in [0.25, 0.3) is 0 Å². The molecule has 0 saturated heterocycles. The molecule has 0 aromatic heterocycles. The molecule has 0 bridgehead atoms. The number of anilines is 1. The van der Waals surface area contributed by atoms with E-state index in [0.29, 0.717) is 12.2 Å². The fourth-order valence-electron chi connectivity index (χ4n) is 3.74. The molecule has 1 atom stereocenters. The molecule has 0 aliphatic carbocycles. The van der Waals surface area contributed by atoms with Crippen LogP contribution in [0.2, 0.25) is 0 Å². The minimum Gasteiger partial charge on any atom is -0.496 e. The first-order valence-electron chi connectivity index (χ1n) is 12.8. The summed E-state index contributed by atoms with van der Waals surface area (Å²) in [7, 11) is 1.41. The van der Waals surface area contributed by atoms with Crippen LogP contribution in [0, 0.1) is 10.1 Å². The molecule has 0 radical (unpaired) electrons. The van der Waals surface area contributed by atoms with Crippen molar-refractivity contribution in [1.29, 1.82) is 0 Å². The molecule has 1 aromatic rings. The summed E-state index contributed by atoms with van der Waals surface area (Å²) < 4.78 is 3.11. The molecule has 210 valence electrons. The summed E-state index contributed by atoms with van der Waals surface area (Å²) in [6.07, 6.45) is 13.5. The summed E-state index contributed by atoms with van der Waals surface area (Å²) in [4.78, 5) is 23.3. The Morgan fingerprint density at radius 2 is 1.54 bits per heavy atom. The first-order valence-corrected chi connectivity index (χ1v) is 14.4. The Morgan fingerprint density at radius 3 is 2.03 bits per heavy atom. The van der Waals surface area contributed by atoms with Gasteiger partial charge in [0, 0.05) is 6.42 Å². The molecule has 0 spiro atoms. The van der Waals surface area contributed by atoms with Gasteiger partial charge in [-0.25, -0.2) is 0 Å². The van der Waals surface area contributed by atoms with Gasteiger partial charge in [0.15, 0.2) is 5.11 Å². The quantitative estimate of drug-likeness (QED) is 0.0396. The van der Waals surface area contributed by atoms with E-state index in [0.717, 1.165) is 19.3 Å². The van der Waals surface area contributed by atoms with Crippen molar-refractivity contribution in [3.63, 3.8) is 0 Å². The van der Waals surface area contributed by atoms with E-state index in [1.807, 2.05) is 0 Å². The number of benzene rings is 1. The summed E-state index contributed by atoms with van der Waals surface area (Å²) in [6, 6.07) is 4.25. The number of carbonyl (C=O) groups is 1. The predicted molar refractivity (Wildman–Crippen MR) is 157 cm³/mol. The maximum absolute atomic E-state index is 12.4. The number of nitro benzene ring substituents is 1. The second-order valence-corrected chi connectivity index (χ2v) is 11.7. The number of thiocarbonyl (C=S) groups is 1. The lowest BCUT2D eigenvalue weighted by atomic mass is 10.0. The number of nitrogens with zero attached hydrogens (tertiary/aromatic N) is 1. The fourth-order valence-corrected chi connectivity index (χ4v) is 4.30. The van der Waals surface area contributed by atoms with Gasteiger partial charge in [0.1, 0.15) is 17.6 Å². The normalized spacial score (nSPS) is 12.0. The average molecular weight is 598 g/mol. The van der Waals surface area contributed by atoms with Gasteiger partial charge in [-0.15, -0.1) is 0 Å². The number of hydrogen-bond acceptors (Lipinski definition) is 5. The van der Waals surface area contributed by atoms with Gasteiger partial charge in [-0.2, -0.15) is 0 Å². The molecule has 0 aliphatic heterocycles. The highest BCUT2D eigenvalue weighted by molar-refractivity contribution is 7.80. The molecular formula is C25H39Cl3N4O4S. The topological polar surface area (TPSA) is 106 Å². The highest BCUT2D eigenvalue weighted by atomic mass is 35.6. The van der Waals surface area contributed by atoms with Gasteiger partial charge in [0.05, 0.1) is 18.1 Å². The van der Waals surface area contributed by atoms with E-state index in [1.165, 1.54) is 77.0 Å². The molecule has 8 nitrogen and oxygen atoms in total. The third-order valence-electron chi connectivity index (χ3n) is 5.82. The number of nitro groups is 1. The lowest BCUT2D eigenvalue weighted by molar-refractivity contribution is -0.384. The van der Waals surface area contributed by atoms with Crippen molar-refractivity contribution < 1.29 is 14.5 Å². The summed E-state index contributed by atoms with van der Waals surface area (Å²) in [5, 5.41) is 19.4. The summed E-state index contributed by atoms with van der Waals surface area (Å²) in [5.74, 6) is 0.0366. The van der Waals surface area contributed by atoms with Crippen LogP contribution in [0.5, 0.6) is 5.75 Å². The van der Waals surface area contributed by atoms with Gasteiger partial charge in [0.2, 0.25) is 9.70 Å². The molecular weight excluding hydrogens is 559 g/mol. The van der Waals surface area contributed by atoms with Crippen LogP contribution in [0.4, 0.5) is 11.4 Å². The Hall–Kier alpha value is -1.55. The Bertz CT molecular complexity index is 856. The Morgan fingerprint density at radius 1 is 1.00 bits per heavy atom. The lowest BCUT2D eigenvalue weighted by Gasteiger charge is -2.27. The SMILES string of the molecule is CCCCCCCCCCCCCCC(=O)N[C@H](NC(=S)Nc1ccc(OC)cc1[N+](=O)[O-])C(Cl)(Cl)Cl. The molecule has 0 unspecified atom stereocenters. The van der Waals surface area contributed by atoms with Crippen LogP contribution >= 0.6 is 47.0 Å². The highest BCUT2D eigenvalue weighted by Crippen LogP contribution is 2.31. The largest absolute Gasteiger partial charge is 0.496 e. The summed E-state index contributed by atoms with van der Waals surface area (Å²) >= 11 is 23.3. The van der Waals surface area contributed by atoms with E-state index in [4.69, 9.17) is 51.8 Å². The Labute approximate surface area is 240 Å². The minimum absolute atomic E-state index is 0.0599. The zero-order valence-electron chi connectivity index (χ0n) is 21.6. The number of unbranched alkanes of at least 4 members (excludes halogenated alkanes) is 11. The van der Waals surface area contributed by atoms with Crippen LogP contribution in [-0.2, 0) is 4.79 Å². The second kappa shape index (κ2) is 18.7. The van der Waals surface area contributed by atoms with E-state index < -0.39 is 14.9 Å². The first-order chi connectivity index (χ1) is 17.6. The smallest absolute Gasteiger partial charge is 0.296 e. The maximum atomic E-state index is 12.4. The third kappa shape index (κ3) is 14.8. The lowest BCUT2D eigenvalue weighted by Crippen LogP contribution is -2.56. The number of methoxy groups -OCH3 is 1. The number of hydrogen-bond donors (Lipinski definition) is 3. The monoisotopic (exact) mass is 596 g/mol. The molecule has 3 N–H and O–H groups in total. The second-order valence-electron chi connectivity index (χ2n) is 8.92. The molecule has 37 heavy (non-hydrogen) atoms. The van der Waals surface area contributed by atoms with Crippen molar-refractivity contribution in [2.24, 2.45) is 0 Å². The minimum atomic E-state index is -1.91. The van der Waals surface area contributed by atoms with E-state index in [1.54, 1.807) is 6.07 Å². The molecule has 12 heteroatoms. The van der Waals surface area contributed by atoms with Crippen LogP contribution in [-0.4, -0.2) is 33.0 Å². The molecule has 0 saturated carbocycles. The van der Waals surface area contributed by atoms with Crippen LogP contribution in [0.3, 0.4) is 0 Å².